The van der Waals surface area contributed by atoms with Gasteiger partial charge in [0.25, 0.3) is 0 Å². The standard InChI is InChI=1S/C20H15Cl2FN2O3/c1-27-18(26)16-10-25(11-24-16)19(22)20(12-6-8-13(23)9-7-12)17(28-20)14-4-2-3-5-15(14)21/h2-11,17,19H,1H3/t17-,19-,20+/m0/s1. The number of alkyl halides is 1. The highest BCUT2D eigenvalue weighted by molar-refractivity contribution is 6.31. The minimum Gasteiger partial charge on any atom is -0.464 e. The Balaban J connectivity index is 1.76. The number of carbonyl (C=O) groups excluding carboxylic acids is 1. The van der Waals surface area contributed by atoms with Crippen LogP contribution < -0.4 is 0 Å². The first-order valence-electron chi connectivity index (χ1n) is 8.41. The van der Waals surface area contributed by atoms with E-state index in [9.17, 15) is 9.18 Å². The average molecular weight is 421 g/mol. The van der Waals surface area contributed by atoms with Crippen molar-refractivity contribution in [3.8, 4) is 0 Å². The highest BCUT2D eigenvalue weighted by atomic mass is 35.5. The van der Waals surface area contributed by atoms with Crippen LogP contribution in [-0.4, -0.2) is 22.6 Å². The lowest BCUT2D eigenvalue weighted by atomic mass is 9.91. The lowest BCUT2D eigenvalue weighted by Gasteiger charge is -2.21. The molecule has 3 aromatic rings. The average Bonchev–Trinajstić information content (AvgIpc) is 3.26. The number of benzene rings is 2. The molecule has 2 heterocycles. The van der Waals surface area contributed by atoms with Crippen molar-refractivity contribution in [2.24, 2.45) is 0 Å². The SMILES string of the molecule is COC(=O)c1cn([C@H](Cl)[C@]2(c3ccc(F)cc3)O[C@H]2c2ccccc2Cl)cn1. The van der Waals surface area contributed by atoms with Gasteiger partial charge >= 0.3 is 5.97 Å². The molecule has 1 saturated heterocycles. The van der Waals surface area contributed by atoms with E-state index in [4.69, 9.17) is 27.9 Å². The van der Waals surface area contributed by atoms with Gasteiger partial charge in [0.2, 0.25) is 0 Å². The number of carbonyl (C=O) groups is 1. The maximum atomic E-state index is 13.5. The van der Waals surface area contributed by atoms with E-state index in [2.05, 4.69) is 9.72 Å². The molecule has 0 amide bonds. The van der Waals surface area contributed by atoms with Crippen molar-refractivity contribution >= 4 is 29.2 Å². The normalized spacial score (nSPS) is 21.9. The second-order valence-electron chi connectivity index (χ2n) is 6.35. The van der Waals surface area contributed by atoms with Crippen LogP contribution in [0.1, 0.15) is 33.2 Å². The zero-order valence-electron chi connectivity index (χ0n) is 14.7. The third-order valence-electron chi connectivity index (χ3n) is 4.74. The zero-order chi connectivity index (χ0) is 19.9. The Morgan fingerprint density at radius 3 is 2.68 bits per heavy atom. The van der Waals surface area contributed by atoms with Crippen molar-refractivity contribution in [3.63, 3.8) is 0 Å². The molecule has 1 aromatic heterocycles. The van der Waals surface area contributed by atoms with E-state index in [1.165, 1.54) is 31.8 Å². The Bertz CT molecular complexity index is 1020. The van der Waals surface area contributed by atoms with E-state index in [1.54, 1.807) is 22.8 Å². The van der Waals surface area contributed by atoms with Crippen LogP contribution in [0.5, 0.6) is 0 Å². The van der Waals surface area contributed by atoms with Gasteiger partial charge in [0.15, 0.2) is 11.3 Å². The highest BCUT2D eigenvalue weighted by Crippen LogP contribution is 2.64. The van der Waals surface area contributed by atoms with Crippen molar-refractivity contribution in [1.82, 2.24) is 9.55 Å². The number of methoxy groups -OCH3 is 1. The summed E-state index contributed by atoms with van der Waals surface area (Å²) in [4.78, 5) is 15.8. The van der Waals surface area contributed by atoms with Crippen molar-refractivity contribution < 1.29 is 18.7 Å². The molecule has 5 nitrogen and oxygen atoms in total. The number of epoxide rings is 1. The fourth-order valence-electron chi connectivity index (χ4n) is 3.28. The first-order chi connectivity index (χ1) is 13.5. The van der Waals surface area contributed by atoms with Crippen LogP contribution >= 0.6 is 23.2 Å². The summed E-state index contributed by atoms with van der Waals surface area (Å²) in [5.41, 5.74) is -0.198. The van der Waals surface area contributed by atoms with E-state index in [-0.39, 0.29) is 11.5 Å². The van der Waals surface area contributed by atoms with Crippen LogP contribution in [0.2, 0.25) is 5.02 Å². The molecule has 0 aliphatic carbocycles. The second-order valence-corrected chi connectivity index (χ2v) is 7.17. The first kappa shape index (κ1) is 18.9. The summed E-state index contributed by atoms with van der Waals surface area (Å²) in [6, 6.07) is 13.2. The second kappa shape index (κ2) is 7.20. The minimum absolute atomic E-state index is 0.123. The predicted molar refractivity (Wildman–Crippen MR) is 102 cm³/mol. The fourth-order valence-corrected chi connectivity index (χ4v) is 3.92. The van der Waals surface area contributed by atoms with E-state index >= 15 is 0 Å². The number of rotatable bonds is 5. The highest BCUT2D eigenvalue weighted by Gasteiger charge is 2.64. The molecule has 1 aliphatic rings. The number of halogens is 3. The molecule has 0 N–H and O–H groups in total. The van der Waals surface area contributed by atoms with Gasteiger partial charge in [-0.15, -0.1) is 0 Å². The maximum Gasteiger partial charge on any atom is 0.358 e. The van der Waals surface area contributed by atoms with Crippen molar-refractivity contribution in [2.75, 3.05) is 7.11 Å². The molecule has 0 unspecified atom stereocenters. The molecular formula is C20H15Cl2FN2O3. The smallest absolute Gasteiger partial charge is 0.358 e. The van der Waals surface area contributed by atoms with Crippen molar-refractivity contribution in [2.45, 2.75) is 17.2 Å². The molecule has 0 radical (unpaired) electrons. The number of imidazole rings is 1. The third-order valence-corrected chi connectivity index (χ3v) is 5.63. The van der Waals surface area contributed by atoms with Gasteiger partial charge in [-0.2, -0.15) is 0 Å². The molecule has 1 fully saturated rings. The van der Waals surface area contributed by atoms with Gasteiger partial charge < -0.3 is 14.0 Å². The molecule has 1 aliphatic heterocycles. The minimum atomic E-state index is -1.01. The summed E-state index contributed by atoms with van der Waals surface area (Å²) >= 11 is 13.2. The number of ether oxygens (including phenoxy) is 2. The maximum absolute atomic E-state index is 13.5. The first-order valence-corrected chi connectivity index (χ1v) is 9.23. The number of aromatic nitrogens is 2. The Kier molecular flexibility index (Phi) is 4.87. The summed E-state index contributed by atoms with van der Waals surface area (Å²) in [6.45, 7) is 0. The summed E-state index contributed by atoms with van der Waals surface area (Å²) < 4.78 is 25.8. The Labute approximate surface area is 170 Å². The van der Waals surface area contributed by atoms with Crippen LogP contribution in [0, 0.1) is 5.82 Å². The lowest BCUT2D eigenvalue weighted by Crippen LogP contribution is -2.22. The summed E-state index contributed by atoms with van der Waals surface area (Å²) in [7, 11) is 1.27. The van der Waals surface area contributed by atoms with E-state index in [0.717, 1.165) is 5.56 Å². The van der Waals surface area contributed by atoms with Crippen molar-refractivity contribution in [3.05, 3.63) is 88.7 Å². The fraction of sp³-hybridized carbons (Fsp3) is 0.200. The molecule has 28 heavy (non-hydrogen) atoms. The monoisotopic (exact) mass is 420 g/mol. The molecule has 0 saturated carbocycles. The van der Waals surface area contributed by atoms with Gasteiger partial charge in [-0.1, -0.05) is 53.5 Å². The Hall–Kier alpha value is -2.41. The van der Waals surface area contributed by atoms with E-state index < -0.39 is 23.2 Å². The van der Waals surface area contributed by atoms with Crippen LogP contribution in [0.25, 0.3) is 0 Å². The van der Waals surface area contributed by atoms with E-state index in [0.29, 0.717) is 10.6 Å². The molecule has 0 bridgehead atoms. The lowest BCUT2D eigenvalue weighted by molar-refractivity contribution is 0.0594. The van der Waals surface area contributed by atoms with Crippen LogP contribution in [-0.2, 0) is 15.1 Å². The largest absolute Gasteiger partial charge is 0.464 e. The number of esters is 1. The van der Waals surface area contributed by atoms with Gasteiger partial charge in [0.1, 0.15) is 17.4 Å². The van der Waals surface area contributed by atoms with Gasteiger partial charge in [0.05, 0.1) is 13.4 Å². The van der Waals surface area contributed by atoms with Crippen molar-refractivity contribution in [1.29, 1.82) is 0 Å². The molecular weight excluding hydrogens is 406 g/mol. The summed E-state index contributed by atoms with van der Waals surface area (Å²) in [5, 5.41) is 0.543. The Morgan fingerprint density at radius 2 is 2.00 bits per heavy atom. The molecule has 2 aromatic carbocycles. The summed E-state index contributed by atoms with van der Waals surface area (Å²) in [6.07, 6.45) is 2.47. The number of hydrogen-bond donors (Lipinski definition) is 0. The van der Waals surface area contributed by atoms with Gasteiger partial charge in [-0.25, -0.2) is 14.2 Å². The Morgan fingerprint density at radius 1 is 1.29 bits per heavy atom. The van der Waals surface area contributed by atoms with Crippen LogP contribution in [0.4, 0.5) is 4.39 Å². The molecule has 144 valence electrons. The van der Waals surface area contributed by atoms with Gasteiger partial charge in [0, 0.05) is 16.8 Å². The topological polar surface area (TPSA) is 56.6 Å². The van der Waals surface area contributed by atoms with Crippen LogP contribution in [0.3, 0.4) is 0 Å². The molecule has 3 atom stereocenters. The number of nitrogens with zero attached hydrogens (tertiary/aromatic N) is 2. The predicted octanol–water partition coefficient (Wildman–Crippen LogP) is 4.87. The third kappa shape index (κ3) is 3.07. The van der Waals surface area contributed by atoms with Gasteiger partial charge in [-0.05, 0) is 23.8 Å². The molecule has 4 rings (SSSR count). The number of hydrogen-bond acceptors (Lipinski definition) is 4. The van der Waals surface area contributed by atoms with Gasteiger partial charge in [-0.3, -0.25) is 0 Å². The molecule has 8 heteroatoms. The van der Waals surface area contributed by atoms with E-state index in [1.807, 2.05) is 18.2 Å². The quantitative estimate of drug-likeness (QED) is 0.335. The van der Waals surface area contributed by atoms with Crippen LogP contribution in [0.15, 0.2) is 61.1 Å². The zero-order valence-corrected chi connectivity index (χ0v) is 16.2. The molecule has 0 spiro atoms. The summed E-state index contributed by atoms with van der Waals surface area (Å²) in [5.74, 6) is -0.937.